The highest BCUT2D eigenvalue weighted by atomic mass is 16.6. The van der Waals surface area contributed by atoms with E-state index in [2.05, 4.69) is 0 Å². The van der Waals surface area contributed by atoms with E-state index in [4.69, 9.17) is 37.9 Å². The Hall–Kier alpha value is -8.95. The number of hydrogen-bond donors (Lipinski definition) is 0. The SMILES string of the molecule is O=C(O[C@@H]1Cc2c(OCc3ccccc3)cc(OCc3ccccc3)cc2O[C@@H]1c1ccc(OCc2ccccc2)cc1)c1cc(OCc2ccccc2)c(OCc2ccccc2)c(OCc2ccccc2)c1. The first-order chi connectivity index (χ1) is 36.1. The summed E-state index contributed by atoms with van der Waals surface area (Å²) in [6, 6.07) is 74.3. The average Bonchev–Trinajstić information content (AvgIpc) is 3.45. The topological polar surface area (TPSA) is 90.9 Å². The number of rotatable bonds is 21. The van der Waals surface area contributed by atoms with Gasteiger partial charge in [0.05, 0.1) is 5.56 Å². The Morgan fingerprint density at radius 2 is 0.781 bits per heavy atom. The molecule has 0 saturated carbocycles. The lowest BCUT2D eigenvalue weighted by Gasteiger charge is -2.34. The van der Waals surface area contributed by atoms with Crippen LogP contribution in [-0.4, -0.2) is 12.1 Å². The lowest BCUT2D eigenvalue weighted by atomic mass is 9.93. The van der Waals surface area contributed by atoms with E-state index in [9.17, 15) is 4.79 Å². The van der Waals surface area contributed by atoms with E-state index in [-0.39, 0.29) is 31.8 Å². The molecule has 364 valence electrons. The van der Waals surface area contributed by atoms with Crippen LogP contribution in [-0.2, 0) is 50.8 Å². The van der Waals surface area contributed by atoms with Crippen LogP contribution >= 0.6 is 0 Å². The van der Waals surface area contributed by atoms with Crippen LogP contribution < -0.4 is 33.2 Å². The minimum atomic E-state index is -0.831. The zero-order chi connectivity index (χ0) is 49.4. The fourth-order valence-corrected chi connectivity index (χ4v) is 8.45. The molecule has 0 N–H and O–H groups in total. The summed E-state index contributed by atoms with van der Waals surface area (Å²) in [5.74, 6) is 2.78. The van der Waals surface area contributed by atoms with Gasteiger partial charge < -0.3 is 37.9 Å². The number of esters is 1. The van der Waals surface area contributed by atoms with Crippen LogP contribution in [0.4, 0.5) is 0 Å². The second kappa shape index (κ2) is 23.8. The highest BCUT2D eigenvalue weighted by Gasteiger charge is 2.37. The Morgan fingerprint density at radius 1 is 0.397 bits per heavy atom. The predicted molar refractivity (Wildman–Crippen MR) is 280 cm³/mol. The molecule has 0 fully saturated rings. The van der Waals surface area contributed by atoms with Crippen molar-refractivity contribution in [2.45, 2.75) is 58.3 Å². The molecule has 2 atom stereocenters. The molecule has 9 aromatic rings. The molecule has 0 amide bonds. The van der Waals surface area contributed by atoms with Gasteiger partial charge in [-0.3, -0.25) is 0 Å². The number of carbonyl (C=O) groups excluding carboxylic acids is 1. The van der Waals surface area contributed by atoms with Gasteiger partial charge in [0.1, 0.15) is 68.7 Å². The summed E-state index contributed by atoms with van der Waals surface area (Å²) in [4.78, 5) is 15.0. The van der Waals surface area contributed by atoms with Gasteiger partial charge in [-0.15, -0.1) is 0 Å². The van der Waals surface area contributed by atoms with Crippen molar-refractivity contribution < 1.29 is 42.7 Å². The third-order valence-electron chi connectivity index (χ3n) is 12.3. The molecular formula is C64H54O9. The second-order valence-corrected chi connectivity index (χ2v) is 17.6. The zero-order valence-corrected chi connectivity index (χ0v) is 40.2. The Kier molecular flexibility index (Phi) is 15.5. The maximum absolute atomic E-state index is 15.0. The first kappa shape index (κ1) is 47.7. The summed E-state index contributed by atoms with van der Waals surface area (Å²) in [7, 11) is 0. The lowest BCUT2D eigenvalue weighted by molar-refractivity contribution is -0.0190. The van der Waals surface area contributed by atoms with Crippen molar-refractivity contribution in [3.05, 3.63) is 281 Å². The van der Waals surface area contributed by atoms with E-state index in [0.717, 1.165) is 44.5 Å². The number of carbonyl (C=O) groups is 1. The van der Waals surface area contributed by atoms with Gasteiger partial charge in [-0.1, -0.05) is 194 Å². The standard InChI is InChI=1S/C64H54O9/c65-64(53-35-59(69-43-49-25-13-4-14-26-49)63(71-45-51-29-17-6-18-30-51)60(36-53)70-44-50-27-15-5-16-28-50)73-61-39-56-57(68-42-48-23-11-3-12-24-48)37-55(67-41-47-21-9-2-10-22-47)38-58(56)72-62(61)52-31-33-54(34-32-52)66-40-46-19-7-1-8-20-46/h1-38,61-62H,39-45H2/t61-,62-/m1/s1. The summed E-state index contributed by atoms with van der Waals surface area (Å²) in [5.41, 5.74) is 7.62. The zero-order valence-electron chi connectivity index (χ0n) is 40.2. The maximum Gasteiger partial charge on any atom is 0.338 e. The van der Waals surface area contributed by atoms with Gasteiger partial charge in [0.15, 0.2) is 17.6 Å². The van der Waals surface area contributed by atoms with E-state index in [1.54, 1.807) is 12.1 Å². The van der Waals surface area contributed by atoms with Crippen molar-refractivity contribution in [1.82, 2.24) is 0 Å². The summed E-state index contributed by atoms with van der Waals surface area (Å²) in [6.07, 6.45) is -1.32. The van der Waals surface area contributed by atoms with Crippen molar-refractivity contribution in [2.75, 3.05) is 0 Å². The highest BCUT2D eigenvalue weighted by molar-refractivity contribution is 5.91. The van der Waals surface area contributed by atoms with Crippen LogP contribution in [0.15, 0.2) is 231 Å². The van der Waals surface area contributed by atoms with Gasteiger partial charge in [0, 0.05) is 24.1 Å². The first-order valence-electron chi connectivity index (χ1n) is 24.4. The smallest absolute Gasteiger partial charge is 0.338 e. The molecule has 1 aliphatic heterocycles. The van der Waals surface area contributed by atoms with Crippen molar-refractivity contribution in [2.24, 2.45) is 0 Å². The van der Waals surface area contributed by atoms with Crippen LogP contribution in [0.2, 0.25) is 0 Å². The number of hydrogen-bond acceptors (Lipinski definition) is 9. The number of benzene rings is 9. The summed E-state index contributed by atoms with van der Waals surface area (Å²) in [6.45, 7) is 1.71. The Morgan fingerprint density at radius 3 is 1.22 bits per heavy atom. The Labute approximate surface area is 426 Å². The molecule has 73 heavy (non-hydrogen) atoms. The van der Waals surface area contributed by atoms with E-state index in [1.165, 1.54) is 0 Å². The van der Waals surface area contributed by atoms with Crippen LogP contribution in [0.3, 0.4) is 0 Å². The molecule has 1 heterocycles. The molecular weight excluding hydrogens is 913 g/mol. The molecule has 9 heteroatoms. The molecule has 0 radical (unpaired) electrons. The van der Waals surface area contributed by atoms with Gasteiger partial charge in [-0.25, -0.2) is 4.79 Å². The van der Waals surface area contributed by atoms with Gasteiger partial charge in [0.25, 0.3) is 0 Å². The van der Waals surface area contributed by atoms with Crippen molar-refractivity contribution >= 4 is 5.97 Å². The molecule has 0 spiro atoms. The highest BCUT2D eigenvalue weighted by Crippen LogP contribution is 2.46. The van der Waals surface area contributed by atoms with Crippen LogP contribution in [0, 0.1) is 0 Å². The summed E-state index contributed by atoms with van der Waals surface area (Å²) in [5, 5.41) is 0. The third kappa shape index (κ3) is 12.9. The lowest BCUT2D eigenvalue weighted by Crippen LogP contribution is -2.35. The first-order valence-corrected chi connectivity index (χ1v) is 24.4. The van der Waals surface area contributed by atoms with Gasteiger partial charge in [0.2, 0.25) is 5.75 Å². The largest absolute Gasteiger partial charge is 0.489 e. The van der Waals surface area contributed by atoms with Crippen LogP contribution in [0.25, 0.3) is 0 Å². The minimum absolute atomic E-state index is 0.206. The molecule has 0 bridgehead atoms. The molecule has 9 nitrogen and oxygen atoms in total. The average molecular weight is 967 g/mol. The number of fused-ring (bicyclic) bond motifs is 1. The Bertz CT molecular complexity index is 3090. The van der Waals surface area contributed by atoms with Crippen LogP contribution in [0.5, 0.6) is 40.2 Å². The van der Waals surface area contributed by atoms with Crippen molar-refractivity contribution in [1.29, 1.82) is 0 Å². The van der Waals surface area contributed by atoms with Gasteiger partial charge in [-0.2, -0.15) is 0 Å². The summed E-state index contributed by atoms with van der Waals surface area (Å²) >= 11 is 0. The number of ether oxygens (including phenoxy) is 8. The summed E-state index contributed by atoms with van der Waals surface area (Å²) < 4.78 is 52.5. The fraction of sp³-hybridized carbons (Fsp3) is 0.141. The van der Waals surface area contributed by atoms with E-state index in [0.29, 0.717) is 60.1 Å². The van der Waals surface area contributed by atoms with E-state index < -0.39 is 18.2 Å². The molecule has 0 saturated heterocycles. The molecule has 9 aromatic carbocycles. The second-order valence-electron chi connectivity index (χ2n) is 17.6. The molecule has 0 aromatic heterocycles. The maximum atomic E-state index is 15.0. The van der Waals surface area contributed by atoms with E-state index in [1.807, 2.05) is 218 Å². The van der Waals surface area contributed by atoms with Gasteiger partial charge in [-0.05, 0) is 63.2 Å². The van der Waals surface area contributed by atoms with Crippen molar-refractivity contribution in [3.63, 3.8) is 0 Å². The normalized spacial score (nSPS) is 13.6. The minimum Gasteiger partial charge on any atom is -0.489 e. The van der Waals surface area contributed by atoms with E-state index >= 15 is 0 Å². The van der Waals surface area contributed by atoms with Crippen LogP contribution in [0.1, 0.15) is 61.0 Å². The Balaban J connectivity index is 1.00. The van der Waals surface area contributed by atoms with Crippen molar-refractivity contribution in [3.8, 4) is 40.2 Å². The fourth-order valence-electron chi connectivity index (χ4n) is 8.45. The van der Waals surface area contributed by atoms with Gasteiger partial charge >= 0.3 is 5.97 Å². The molecule has 0 unspecified atom stereocenters. The molecule has 10 rings (SSSR count). The molecule has 1 aliphatic rings. The monoisotopic (exact) mass is 966 g/mol. The molecule has 0 aliphatic carbocycles. The third-order valence-corrected chi connectivity index (χ3v) is 12.3. The quantitative estimate of drug-likeness (QED) is 0.0653. The predicted octanol–water partition coefficient (Wildman–Crippen LogP) is 14.1.